The van der Waals surface area contributed by atoms with Gasteiger partial charge in [0.15, 0.2) is 11.5 Å². The lowest BCUT2D eigenvalue weighted by molar-refractivity contribution is -0.154. The number of fused-ring (bicyclic) bond motifs is 1. The first-order valence-corrected chi connectivity index (χ1v) is 11.7. The van der Waals surface area contributed by atoms with Crippen molar-refractivity contribution in [3.05, 3.63) is 40.9 Å². The molecule has 3 aromatic heterocycles. The molecule has 0 aromatic carbocycles. The highest BCUT2D eigenvalue weighted by Gasteiger charge is 2.17. The minimum atomic E-state index is -0.565. The van der Waals surface area contributed by atoms with E-state index in [0.717, 1.165) is 17.5 Å². The summed E-state index contributed by atoms with van der Waals surface area (Å²) in [6.45, 7) is 8.99. The van der Waals surface area contributed by atoms with Crippen LogP contribution in [0.4, 0.5) is 5.82 Å². The molecule has 188 valence electrons. The van der Waals surface area contributed by atoms with Gasteiger partial charge in [0.25, 0.3) is 5.56 Å². The van der Waals surface area contributed by atoms with Crippen molar-refractivity contribution in [1.29, 1.82) is 0 Å². The van der Waals surface area contributed by atoms with Crippen LogP contribution in [0.5, 0.6) is 5.88 Å². The number of nitrogens with one attached hydrogen (secondary N) is 1. The van der Waals surface area contributed by atoms with E-state index in [4.69, 9.17) is 14.2 Å². The molecule has 35 heavy (non-hydrogen) atoms. The summed E-state index contributed by atoms with van der Waals surface area (Å²) in [6, 6.07) is 5.51. The van der Waals surface area contributed by atoms with E-state index in [2.05, 4.69) is 20.3 Å². The molecule has 0 saturated heterocycles. The fraction of sp³-hybridized carbons (Fsp3) is 0.480. The molecular weight excluding hydrogens is 450 g/mol. The maximum absolute atomic E-state index is 13.3. The van der Waals surface area contributed by atoms with E-state index in [1.807, 2.05) is 39.8 Å². The molecule has 0 aliphatic rings. The predicted molar refractivity (Wildman–Crippen MR) is 134 cm³/mol. The van der Waals surface area contributed by atoms with Crippen LogP contribution in [0, 0.1) is 0 Å². The van der Waals surface area contributed by atoms with Crippen molar-refractivity contribution in [2.24, 2.45) is 0 Å². The molecule has 0 aliphatic carbocycles. The number of aromatic nitrogens is 4. The Morgan fingerprint density at radius 2 is 1.89 bits per heavy atom. The third-order valence-corrected chi connectivity index (χ3v) is 4.93. The monoisotopic (exact) mass is 483 g/mol. The average molecular weight is 484 g/mol. The molecule has 0 unspecified atom stereocenters. The Balaban J connectivity index is 1.90. The Morgan fingerprint density at radius 1 is 1.11 bits per heavy atom. The zero-order chi connectivity index (χ0) is 25.4. The number of anilines is 1. The van der Waals surface area contributed by atoms with Gasteiger partial charge >= 0.3 is 5.97 Å². The highest BCUT2D eigenvalue weighted by atomic mass is 16.6. The zero-order valence-electron chi connectivity index (χ0n) is 21.0. The SMILES string of the molecule is CCCOCCn1c(=O)c(NCCC(=O)OC(C)(C)C)nc2ncc(-c3ccc(OC)nc3)cc21. The molecule has 0 bridgehead atoms. The van der Waals surface area contributed by atoms with Gasteiger partial charge in [-0.3, -0.25) is 14.2 Å². The molecule has 0 fully saturated rings. The molecule has 3 rings (SSSR count). The van der Waals surface area contributed by atoms with E-state index in [-0.39, 0.29) is 30.3 Å². The molecule has 0 aliphatic heterocycles. The third-order valence-electron chi connectivity index (χ3n) is 4.93. The highest BCUT2D eigenvalue weighted by molar-refractivity contribution is 5.79. The van der Waals surface area contributed by atoms with E-state index >= 15 is 0 Å². The van der Waals surface area contributed by atoms with Crippen LogP contribution in [0.15, 0.2) is 35.4 Å². The van der Waals surface area contributed by atoms with Gasteiger partial charge in [0.1, 0.15) is 5.60 Å². The number of methoxy groups -OCH3 is 1. The Kier molecular flexibility index (Phi) is 8.75. The third kappa shape index (κ3) is 7.22. The number of hydrogen-bond acceptors (Lipinski definition) is 9. The van der Waals surface area contributed by atoms with Crippen molar-refractivity contribution in [2.45, 2.75) is 52.7 Å². The topological polar surface area (TPSA) is 117 Å². The van der Waals surface area contributed by atoms with Gasteiger partial charge < -0.3 is 19.5 Å². The molecule has 10 heteroatoms. The number of pyridine rings is 2. The van der Waals surface area contributed by atoms with E-state index in [1.54, 1.807) is 30.1 Å². The van der Waals surface area contributed by atoms with Crippen molar-refractivity contribution >= 4 is 23.0 Å². The second-order valence-electron chi connectivity index (χ2n) is 8.95. The molecule has 3 aromatic rings. The van der Waals surface area contributed by atoms with Crippen molar-refractivity contribution < 1.29 is 19.0 Å². The first kappa shape index (κ1) is 26.1. The highest BCUT2D eigenvalue weighted by Crippen LogP contribution is 2.23. The molecule has 3 heterocycles. The van der Waals surface area contributed by atoms with Crippen LogP contribution >= 0.6 is 0 Å². The minimum absolute atomic E-state index is 0.104. The average Bonchev–Trinajstić information content (AvgIpc) is 2.82. The Bertz CT molecular complexity index is 1200. The summed E-state index contributed by atoms with van der Waals surface area (Å²) in [7, 11) is 1.56. The number of carbonyl (C=O) groups excluding carboxylic acids is 1. The molecule has 0 atom stereocenters. The standard InChI is InChI=1S/C25H33N5O5/c1-6-12-34-13-11-30-19-14-18(17-7-8-20(33-5)27-15-17)16-28-22(19)29-23(24(30)32)26-10-9-21(31)35-25(2,3)4/h7-8,14-16H,6,9-13H2,1-5H3,(H,26,28,29). The van der Waals surface area contributed by atoms with E-state index < -0.39 is 5.60 Å². The summed E-state index contributed by atoms with van der Waals surface area (Å²) in [5.41, 5.74) is 1.74. The fourth-order valence-corrected chi connectivity index (χ4v) is 3.37. The van der Waals surface area contributed by atoms with E-state index in [1.165, 1.54) is 0 Å². The van der Waals surface area contributed by atoms with Crippen molar-refractivity contribution in [3.63, 3.8) is 0 Å². The van der Waals surface area contributed by atoms with Gasteiger partial charge in [-0.05, 0) is 39.3 Å². The summed E-state index contributed by atoms with van der Waals surface area (Å²) in [5.74, 6) is 0.286. The number of esters is 1. The quantitative estimate of drug-likeness (QED) is 0.323. The Labute approximate surface area is 204 Å². The van der Waals surface area contributed by atoms with Crippen LogP contribution in [0.2, 0.25) is 0 Å². The Hall–Kier alpha value is -3.53. The molecule has 0 spiro atoms. The second-order valence-corrected chi connectivity index (χ2v) is 8.95. The lowest BCUT2D eigenvalue weighted by Gasteiger charge is -2.19. The van der Waals surface area contributed by atoms with Gasteiger partial charge in [0.05, 0.1) is 25.7 Å². The zero-order valence-corrected chi connectivity index (χ0v) is 21.0. The summed E-state index contributed by atoms with van der Waals surface area (Å²) in [5, 5.41) is 2.97. The van der Waals surface area contributed by atoms with Crippen LogP contribution in [0.3, 0.4) is 0 Å². The van der Waals surface area contributed by atoms with Gasteiger partial charge in [0.2, 0.25) is 5.88 Å². The first-order chi connectivity index (χ1) is 16.7. The van der Waals surface area contributed by atoms with Crippen molar-refractivity contribution in [3.8, 4) is 17.0 Å². The lowest BCUT2D eigenvalue weighted by atomic mass is 10.1. The van der Waals surface area contributed by atoms with E-state index in [0.29, 0.717) is 36.8 Å². The molecule has 1 N–H and O–H groups in total. The maximum Gasteiger partial charge on any atom is 0.308 e. The molecule has 0 saturated carbocycles. The molecule has 0 amide bonds. The summed E-state index contributed by atoms with van der Waals surface area (Å²) < 4.78 is 17.7. The van der Waals surface area contributed by atoms with Gasteiger partial charge in [-0.25, -0.2) is 15.0 Å². The fourth-order valence-electron chi connectivity index (χ4n) is 3.37. The van der Waals surface area contributed by atoms with E-state index in [9.17, 15) is 9.59 Å². The molecular formula is C25H33N5O5. The van der Waals surface area contributed by atoms with Crippen LogP contribution in [-0.2, 0) is 20.8 Å². The maximum atomic E-state index is 13.3. The molecule has 0 radical (unpaired) electrons. The predicted octanol–water partition coefficient (Wildman–Crippen LogP) is 3.43. The summed E-state index contributed by atoms with van der Waals surface area (Å²) in [6.07, 6.45) is 4.37. The number of nitrogens with zero attached hydrogens (tertiary/aromatic N) is 4. The van der Waals surface area contributed by atoms with Gasteiger partial charge in [-0.1, -0.05) is 6.92 Å². The summed E-state index contributed by atoms with van der Waals surface area (Å²) >= 11 is 0. The van der Waals surface area contributed by atoms with Gasteiger partial charge in [-0.15, -0.1) is 0 Å². The van der Waals surface area contributed by atoms with Gasteiger partial charge in [-0.2, -0.15) is 0 Å². The lowest BCUT2D eigenvalue weighted by Crippen LogP contribution is -2.29. The van der Waals surface area contributed by atoms with Crippen LogP contribution < -0.4 is 15.6 Å². The minimum Gasteiger partial charge on any atom is -0.481 e. The Morgan fingerprint density at radius 3 is 2.54 bits per heavy atom. The van der Waals surface area contributed by atoms with Crippen molar-refractivity contribution in [2.75, 3.05) is 32.2 Å². The van der Waals surface area contributed by atoms with Crippen LogP contribution in [0.25, 0.3) is 22.3 Å². The normalized spacial score (nSPS) is 11.5. The number of hydrogen-bond donors (Lipinski definition) is 1. The first-order valence-electron chi connectivity index (χ1n) is 11.7. The van der Waals surface area contributed by atoms with Crippen molar-refractivity contribution in [1.82, 2.24) is 19.5 Å². The largest absolute Gasteiger partial charge is 0.481 e. The number of ether oxygens (including phenoxy) is 3. The van der Waals surface area contributed by atoms with Gasteiger partial charge in [0, 0.05) is 49.3 Å². The number of rotatable bonds is 11. The number of carbonyl (C=O) groups is 1. The summed E-state index contributed by atoms with van der Waals surface area (Å²) in [4.78, 5) is 38.5. The smallest absolute Gasteiger partial charge is 0.308 e. The van der Waals surface area contributed by atoms with Crippen LogP contribution in [-0.4, -0.2) is 58.0 Å². The second kappa shape index (κ2) is 11.7. The molecule has 10 nitrogen and oxygen atoms in total. The van der Waals surface area contributed by atoms with Crippen LogP contribution in [0.1, 0.15) is 40.5 Å².